The van der Waals surface area contributed by atoms with E-state index in [1.54, 1.807) is 55.4 Å². The highest BCUT2D eigenvalue weighted by Crippen LogP contribution is 2.22. The molecule has 20 heteroatoms. The number of nitrogens with one attached hydrogen (secondary N) is 1. The van der Waals surface area contributed by atoms with Crippen molar-refractivity contribution in [1.29, 1.82) is 0 Å². The number of aromatic carboxylic acids is 1. The van der Waals surface area contributed by atoms with Crippen LogP contribution in [0.4, 0.5) is 20.2 Å². The molecule has 0 atom stereocenters. The smallest absolute Gasteiger partial charge is 0.356 e. The van der Waals surface area contributed by atoms with Crippen molar-refractivity contribution in [1.82, 2.24) is 54.7 Å². The van der Waals surface area contributed by atoms with Crippen molar-refractivity contribution in [3.63, 3.8) is 0 Å². The highest BCUT2D eigenvalue weighted by Gasteiger charge is 2.14. The van der Waals surface area contributed by atoms with Crippen LogP contribution in [0.3, 0.4) is 0 Å². The summed E-state index contributed by atoms with van der Waals surface area (Å²) in [6.07, 6.45) is 8.22. The Morgan fingerprint density at radius 3 is 2.13 bits per heavy atom. The molecule has 0 unspecified atom stereocenters. The van der Waals surface area contributed by atoms with Gasteiger partial charge in [-0.05, 0) is 41.6 Å². The van der Waals surface area contributed by atoms with Crippen molar-refractivity contribution in [3.8, 4) is 5.88 Å². The van der Waals surface area contributed by atoms with Gasteiger partial charge in [0, 0.05) is 48.6 Å². The Morgan fingerprint density at radius 1 is 0.849 bits per heavy atom. The third kappa shape index (κ3) is 8.78. The number of nitrogen functional groups attached to an aromatic ring is 1. The first-order valence-electron chi connectivity index (χ1n) is 14.8. The summed E-state index contributed by atoms with van der Waals surface area (Å²) in [5, 5.41) is 28.3. The number of hydrogen-bond acceptors (Lipinski definition) is 12. The molecule has 0 aliphatic carbocycles. The Labute approximate surface area is 302 Å². The SMILES string of the molecule is C.Cn1cc2cc(N)cc(F)c2n1.Cn1cc2cc(NC(=O)c3cnc(On4nnc5ccccc54)cn3)cc(F)c2n1.O=C(O)c1cnc(Cl)cn1. The second kappa shape index (κ2) is 15.8. The number of carbonyl (C=O) groups excluding carboxylic acids is 1. The lowest BCUT2D eigenvalue weighted by Gasteiger charge is -2.06. The molecular weight excluding hydrogens is 716 g/mol. The number of fused-ring (bicyclic) bond motifs is 3. The maximum atomic E-state index is 14.2. The van der Waals surface area contributed by atoms with Crippen LogP contribution >= 0.6 is 11.6 Å². The number of aromatic nitrogens is 11. The van der Waals surface area contributed by atoms with Gasteiger partial charge in [0.05, 0.1) is 24.8 Å². The van der Waals surface area contributed by atoms with E-state index in [4.69, 9.17) is 27.3 Å². The summed E-state index contributed by atoms with van der Waals surface area (Å²) in [5.41, 5.74) is 8.03. The third-order valence-electron chi connectivity index (χ3n) is 6.84. The van der Waals surface area contributed by atoms with Crippen LogP contribution in [0.5, 0.6) is 5.88 Å². The number of carbonyl (C=O) groups is 2. The van der Waals surface area contributed by atoms with E-state index in [2.05, 4.69) is 45.8 Å². The molecular formula is C33H28ClF2N13O4. The molecule has 0 radical (unpaired) electrons. The monoisotopic (exact) mass is 743 g/mol. The van der Waals surface area contributed by atoms with E-state index in [1.165, 1.54) is 40.3 Å². The van der Waals surface area contributed by atoms with E-state index < -0.39 is 17.7 Å². The van der Waals surface area contributed by atoms with Crippen LogP contribution in [-0.2, 0) is 14.1 Å². The van der Waals surface area contributed by atoms with Gasteiger partial charge >= 0.3 is 5.97 Å². The summed E-state index contributed by atoms with van der Waals surface area (Å²) in [5.74, 6) is -2.42. The first-order chi connectivity index (χ1) is 24.9. The molecule has 1 amide bonds. The molecule has 0 saturated heterocycles. The summed E-state index contributed by atoms with van der Waals surface area (Å²) in [6, 6.07) is 13.1. The molecule has 8 aromatic rings. The summed E-state index contributed by atoms with van der Waals surface area (Å²) in [6.45, 7) is 0. The number of benzene rings is 3. The fourth-order valence-corrected chi connectivity index (χ4v) is 4.72. The van der Waals surface area contributed by atoms with Crippen molar-refractivity contribution in [3.05, 3.63) is 114 Å². The molecule has 0 spiro atoms. The fraction of sp³-hybridized carbons (Fsp3) is 0.0909. The highest BCUT2D eigenvalue weighted by atomic mass is 35.5. The van der Waals surface area contributed by atoms with E-state index in [-0.39, 0.29) is 46.9 Å². The molecule has 0 saturated carbocycles. The molecule has 0 fully saturated rings. The number of carboxylic acid groups (broad SMARTS) is 1. The first-order valence-corrected chi connectivity index (χ1v) is 15.2. The van der Waals surface area contributed by atoms with E-state index in [0.29, 0.717) is 27.6 Å². The van der Waals surface area contributed by atoms with Crippen molar-refractivity contribution in [2.24, 2.45) is 14.1 Å². The maximum absolute atomic E-state index is 14.2. The normalized spacial score (nSPS) is 10.5. The van der Waals surface area contributed by atoms with Gasteiger partial charge in [-0.2, -0.15) is 10.2 Å². The molecule has 4 N–H and O–H groups in total. The summed E-state index contributed by atoms with van der Waals surface area (Å²) >= 11 is 5.35. The number of nitrogens with two attached hydrogens (primary N) is 1. The molecule has 8 rings (SSSR count). The summed E-state index contributed by atoms with van der Waals surface area (Å²) in [7, 11) is 3.44. The van der Waals surface area contributed by atoms with Gasteiger partial charge in [0.2, 0.25) is 0 Å². The van der Waals surface area contributed by atoms with Crippen LogP contribution < -0.4 is 15.9 Å². The molecule has 0 bridgehead atoms. The lowest BCUT2D eigenvalue weighted by Crippen LogP contribution is -2.15. The molecule has 53 heavy (non-hydrogen) atoms. The van der Waals surface area contributed by atoms with Crippen molar-refractivity contribution >= 4 is 67.7 Å². The van der Waals surface area contributed by atoms with E-state index in [1.807, 2.05) is 12.1 Å². The van der Waals surface area contributed by atoms with Gasteiger partial charge in [-0.1, -0.05) is 36.0 Å². The second-order valence-corrected chi connectivity index (χ2v) is 11.1. The Kier molecular flexibility index (Phi) is 11.1. The average molecular weight is 744 g/mol. The summed E-state index contributed by atoms with van der Waals surface area (Å²) in [4.78, 5) is 44.5. The minimum Gasteiger partial charge on any atom is -0.476 e. The molecule has 0 aliphatic heterocycles. The van der Waals surface area contributed by atoms with E-state index in [9.17, 15) is 18.4 Å². The van der Waals surface area contributed by atoms with Gasteiger partial charge in [0.15, 0.2) is 17.3 Å². The molecule has 17 nitrogen and oxygen atoms in total. The molecule has 5 heterocycles. The lowest BCUT2D eigenvalue weighted by atomic mass is 10.2. The van der Waals surface area contributed by atoms with Crippen molar-refractivity contribution in [2.45, 2.75) is 7.43 Å². The Hall–Kier alpha value is -7.15. The minimum atomic E-state index is -1.11. The Bertz CT molecular complexity index is 2560. The first kappa shape index (κ1) is 37.1. The van der Waals surface area contributed by atoms with Crippen LogP contribution in [0.25, 0.3) is 32.8 Å². The van der Waals surface area contributed by atoms with Gasteiger partial charge in [-0.3, -0.25) is 14.2 Å². The number of para-hydroxylation sites is 1. The van der Waals surface area contributed by atoms with Crippen molar-refractivity contribution in [2.75, 3.05) is 11.1 Å². The predicted molar refractivity (Wildman–Crippen MR) is 190 cm³/mol. The van der Waals surface area contributed by atoms with Gasteiger partial charge < -0.3 is 21.0 Å². The van der Waals surface area contributed by atoms with Crippen LogP contribution in [0.1, 0.15) is 28.4 Å². The maximum Gasteiger partial charge on any atom is 0.356 e. The van der Waals surface area contributed by atoms with Gasteiger partial charge in [-0.25, -0.2) is 33.5 Å². The zero-order valence-corrected chi connectivity index (χ0v) is 27.6. The minimum absolute atomic E-state index is 0. The van der Waals surface area contributed by atoms with Gasteiger partial charge in [0.1, 0.15) is 32.9 Å². The third-order valence-corrected chi connectivity index (χ3v) is 7.03. The number of rotatable bonds is 5. The second-order valence-electron chi connectivity index (χ2n) is 10.7. The largest absolute Gasteiger partial charge is 0.476 e. The molecule has 270 valence electrons. The number of anilines is 2. The predicted octanol–water partition coefficient (Wildman–Crippen LogP) is 5.10. The number of carboxylic acids is 1. The van der Waals surface area contributed by atoms with Crippen LogP contribution in [0.15, 0.2) is 85.7 Å². The highest BCUT2D eigenvalue weighted by molar-refractivity contribution is 6.29. The number of hydrogen-bond donors (Lipinski definition) is 3. The number of amides is 1. The zero-order chi connectivity index (χ0) is 36.9. The Morgan fingerprint density at radius 2 is 1.49 bits per heavy atom. The van der Waals surface area contributed by atoms with E-state index in [0.717, 1.165) is 11.6 Å². The quantitative estimate of drug-likeness (QED) is 0.196. The number of nitrogens with zero attached hydrogens (tertiary/aromatic N) is 11. The van der Waals surface area contributed by atoms with E-state index >= 15 is 0 Å². The molecule has 0 aliphatic rings. The number of halogens is 3. The molecule has 3 aromatic carbocycles. The average Bonchev–Trinajstić information content (AvgIpc) is 3.82. The number of aryl methyl sites for hydroxylation is 2. The fourth-order valence-electron chi connectivity index (χ4n) is 4.62. The Balaban J connectivity index is 0.000000193. The van der Waals surface area contributed by atoms with Crippen LogP contribution in [0, 0.1) is 11.6 Å². The van der Waals surface area contributed by atoms with Crippen LogP contribution in [-0.4, -0.2) is 71.6 Å². The van der Waals surface area contributed by atoms with Crippen LogP contribution in [0.2, 0.25) is 5.15 Å². The lowest BCUT2D eigenvalue weighted by molar-refractivity contribution is 0.0689. The van der Waals surface area contributed by atoms with Gasteiger partial charge in [-0.15, -0.1) is 5.10 Å². The zero-order valence-electron chi connectivity index (χ0n) is 26.9. The van der Waals surface area contributed by atoms with Crippen molar-refractivity contribution < 1.29 is 28.3 Å². The van der Waals surface area contributed by atoms with Gasteiger partial charge in [0.25, 0.3) is 11.8 Å². The topological polar surface area (TPSA) is 220 Å². The standard InChI is InChI=1S/C19H13FN8O2.C8H8FN3.C5H3ClN2O2.CH4/c1-27-10-11-6-12(7-13(20)18(11)25-27)23-19(29)15-8-22-17(9-21-15)30-28-16-5-3-2-4-14(16)24-26-28;1-12-4-5-2-6(10)3-7(9)8(5)11-12;6-4-2-7-3(1-8-4)5(9)10;/h2-10H,1H3,(H,23,29);2-4H,10H2,1H3;1-2H,(H,9,10);1H4. The molecule has 5 aromatic heterocycles. The summed E-state index contributed by atoms with van der Waals surface area (Å²) < 4.78 is 30.3.